The normalized spacial score (nSPS) is 13.6. The minimum atomic E-state index is -0.110. The molecule has 0 spiro atoms. The van der Waals surface area contributed by atoms with Gasteiger partial charge in [-0.15, -0.1) is 11.3 Å². The molecule has 0 aliphatic carbocycles. The molecule has 0 atom stereocenters. The minimum absolute atomic E-state index is 0.0913. The Balaban J connectivity index is 1.60. The first-order chi connectivity index (χ1) is 9.70. The smallest absolute Gasteiger partial charge is 0.262 e. The van der Waals surface area contributed by atoms with Crippen LogP contribution in [-0.2, 0) is 17.9 Å². The number of nitrogens with zero attached hydrogens (tertiary/aromatic N) is 1. The molecule has 0 unspecified atom stereocenters. The van der Waals surface area contributed by atoms with Gasteiger partial charge in [0.1, 0.15) is 10.8 Å². The summed E-state index contributed by atoms with van der Waals surface area (Å²) in [6.45, 7) is 3.56. The van der Waals surface area contributed by atoms with E-state index in [-0.39, 0.29) is 12.5 Å². The van der Waals surface area contributed by atoms with Crippen molar-refractivity contribution in [2.75, 3.05) is 11.9 Å². The maximum absolute atomic E-state index is 11.3. The molecule has 1 amide bonds. The average molecular weight is 289 g/mol. The van der Waals surface area contributed by atoms with Crippen molar-refractivity contribution in [1.29, 1.82) is 0 Å². The molecule has 1 aromatic carbocycles. The van der Waals surface area contributed by atoms with Gasteiger partial charge in [0.05, 0.1) is 5.69 Å². The molecule has 104 valence electrons. The Labute approximate surface area is 121 Å². The van der Waals surface area contributed by atoms with E-state index in [1.807, 2.05) is 30.5 Å². The first-order valence-corrected chi connectivity index (χ1v) is 7.26. The molecule has 2 N–H and O–H groups in total. The number of benzene rings is 1. The second-order valence-corrected chi connectivity index (χ2v) is 5.60. The summed E-state index contributed by atoms with van der Waals surface area (Å²) in [5, 5.41) is 9.28. The molecule has 5 nitrogen and oxygen atoms in total. The molecule has 3 rings (SSSR count). The Bertz CT molecular complexity index is 639. The second kappa shape index (κ2) is 5.60. The number of aromatic nitrogens is 1. The third kappa shape index (κ3) is 2.97. The third-order valence-electron chi connectivity index (χ3n) is 2.95. The first kappa shape index (κ1) is 13.1. The molecule has 1 aliphatic rings. The molecule has 6 heteroatoms. The summed E-state index contributed by atoms with van der Waals surface area (Å²) >= 11 is 1.66. The second-order valence-electron chi connectivity index (χ2n) is 4.65. The SMILES string of the molecule is Cc1csc(CNCc2ccc3c(c2)NC(=O)CO3)n1. The van der Waals surface area contributed by atoms with Gasteiger partial charge in [0.2, 0.25) is 0 Å². The van der Waals surface area contributed by atoms with Crippen LogP contribution in [0.4, 0.5) is 5.69 Å². The maximum atomic E-state index is 11.3. The van der Waals surface area contributed by atoms with Crippen molar-refractivity contribution in [2.24, 2.45) is 0 Å². The molecule has 0 bridgehead atoms. The van der Waals surface area contributed by atoms with Gasteiger partial charge in [-0.25, -0.2) is 4.98 Å². The van der Waals surface area contributed by atoms with Crippen molar-refractivity contribution in [3.05, 3.63) is 39.8 Å². The van der Waals surface area contributed by atoms with Crippen LogP contribution >= 0.6 is 11.3 Å². The molecule has 20 heavy (non-hydrogen) atoms. The fourth-order valence-electron chi connectivity index (χ4n) is 2.04. The largest absolute Gasteiger partial charge is 0.482 e. The van der Waals surface area contributed by atoms with Crippen LogP contribution < -0.4 is 15.4 Å². The van der Waals surface area contributed by atoms with Crippen LogP contribution in [0.2, 0.25) is 0 Å². The number of ether oxygens (including phenoxy) is 1. The van der Waals surface area contributed by atoms with Crippen molar-refractivity contribution in [1.82, 2.24) is 10.3 Å². The molecule has 0 saturated carbocycles. The average Bonchev–Trinajstić information content (AvgIpc) is 2.84. The van der Waals surface area contributed by atoms with E-state index in [0.717, 1.165) is 40.8 Å². The first-order valence-electron chi connectivity index (χ1n) is 6.38. The highest BCUT2D eigenvalue weighted by Crippen LogP contribution is 2.28. The van der Waals surface area contributed by atoms with Crippen molar-refractivity contribution in [3.8, 4) is 5.75 Å². The highest BCUT2D eigenvalue weighted by Gasteiger charge is 2.15. The van der Waals surface area contributed by atoms with Gasteiger partial charge >= 0.3 is 0 Å². The van der Waals surface area contributed by atoms with Crippen molar-refractivity contribution in [2.45, 2.75) is 20.0 Å². The maximum Gasteiger partial charge on any atom is 0.262 e. The van der Waals surface area contributed by atoms with E-state index < -0.39 is 0 Å². The minimum Gasteiger partial charge on any atom is -0.482 e. The van der Waals surface area contributed by atoms with Crippen LogP contribution in [0.5, 0.6) is 5.75 Å². The monoisotopic (exact) mass is 289 g/mol. The highest BCUT2D eigenvalue weighted by atomic mass is 32.1. The molecular formula is C14H15N3O2S. The number of hydrogen-bond donors (Lipinski definition) is 2. The number of amides is 1. The summed E-state index contributed by atoms with van der Waals surface area (Å²) in [4.78, 5) is 15.7. The summed E-state index contributed by atoms with van der Waals surface area (Å²) in [7, 11) is 0. The molecule has 1 aliphatic heterocycles. The summed E-state index contributed by atoms with van der Waals surface area (Å²) in [5.41, 5.74) is 2.90. The number of rotatable bonds is 4. The quantitative estimate of drug-likeness (QED) is 0.904. The van der Waals surface area contributed by atoms with E-state index in [1.165, 1.54) is 0 Å². The zero-order valence-corrected chi connectivity index (χ0v) is 11.9. The number of thiazole rings is 1. The lowest BCUT2D eigenvalue weighted by Crippen LogP contribution is -2.25. The van der Waals surface area contributed by atoms with Gasteiger partial charge in [-0.05, 0) is 24.6 Å². The number of nitrogens with one attached hydrogen (secondary N) is 2. The van der Waals surface area contributed by atoms with Crippen LogP contribution in [0, 0.1) is 6.92 Å². The van der Waals surface area contributed by atoms with E-state index in [1.54, 1.807) is 11.3 Å². The van der Waals surface area contributed by atoms with Gasteiger partial charge in [0, 0.05) is 24.2 Å². The molecule has 0 fully saturated rings. The van der Waals surface area contributed by atoms with Crippen LogP contribution in [0.25, 0.3) is 0 Å². The highest BCUT2D eigenvalue weighted by molar-refractivity contribution is 7.09. The third-order valence-corrected chi connectivity index (χ3v) is 3.92. The number of anilines is 1. The van der Waals surface area contributed by atoms with Crippen molar-refractivity contribution < 1.29 is 9.53 Å². The molecule has 2 aromatic rings. The molecule has 1 aromatic heterocycles. The Morgan fingerprint density at radius 3 is 3.15 bits per heavy atom. The zero-order chi connectivity index (χ0) is 13.9. The topological polar surface area (TPSA) is 63.2 Å². The lowest BCUT2D eigenvalue weighted by atomic mass is 10.1. The lowest BCUT2D eigenvalue weighted by molar-refractivity contribution is -0.118. The van der Waals surface area contributed by atoms with E-state index in [2.05, 4.69) is 15.6 Å². The van der Waals surface area contributed by atoms with Crippen LogP contribution in [0.3, 0.4) is 0 Å². The van der Waals surface area contributed by atoms with Crippen LogP contribution in [-0.4, -0.2) is 17.5 Å². The lowest BCUT2D eigenvalue weighted by Gasteiger charge is -2.18. The van der Waals surface area contributed by atoms with E-state index in [9.17, 15) is 4.79 Å². The zero-order valence-electron chi connectivity index (χ0n) is 11.1. The van der Waals surface area contributed by atoms with Gasteiger partial charge in [0.15, 0.2) is 6.61 Å². The molecule has 0 radical (unpaired) electrons. The number of carbonyl (C=O) groups excluding carboxylic acids is 1. The van der Waals surface area contributed by atoms with E-state index >= 15 is 0 Å². The van der Waals surface area contributed by atoms with Gasteiger partial charge in [-0.3, -0.25) is 4.79 Å². The fourth-order valence-corrected chi connectivity index (χ4v) is 2.78. The van der Waals surface area contributed by atoms with Crippen LogP contribution in [0.1, 0.15) is 16.3 Å². The summed E-state index contributed by atoms with van der Waals surface area (Å²) in [6, 6.07) is 5.82. The summed E-state index contributed by atoms with van der Waals surface area (Å²) in [5.74, 6) is 0.616. The number of hydrogen-bond acceptors (Lipinski definition) is 5. The Hall–Kier alpha value is -1.92. The van der Waals surface area contributed by atoms with Gasteiger partial charge in [-0.1, -0.05) is 6.07 Å². The van der Waals surface area contributed by atoms with E-state index in [4.69, 9.17) is 4.74 Å². The Morgan fingerprint density at radius 1 is 1.45 bits per heavy atom. The number of carbonyl (C=O) groups is 1. The number of fused-ring (bicyclic) bond motifs is 1. The van der Waals surface area contributed by atoms with E-state index in [0.29, 0.717) is 0 Å². The van der Waals surface area contributed by atoms with Gasteiger partial charge in [0.25, 0.3) is 5.91 Å². The van der Waals surface area contributed by atoms with Gasteiger partial charge < -0.3 is 15.4 Å². The van der Waals surface area contributed by atoms with Crippen molar-refractivity contribution >= 4 is 22.9 Å². The standard InChI is InChI=1S/C14H15N3O2S/c1-9-8-20-14(16-9)6-15-5-10-2-3-12-11(4-10)17-13(18)7-19-12/h2-4,8,15H,5-7H2,1H3,(H,17,18). The van der Waals surface area contributed by atoms with Gasteiger partial charge in [-0.2, -0.15) is 0 Å². The fraction of sp³-hybridized carbons (Fsp3) is 0.286. The molecular weight excluding hydrogens is 274 g/mol. The Kier molecular flexibility index (Phi) is 3.66. The predicted octanol–water partition coefficient (Wildman–Crippen LogP) is 2.07. The molecule has 2 heterocycles. The summed E-state index contributed by atoms with van der Waals surface area (Å²) in [6.07, 6.45) is 0. The number of aryl methyl sites for hydroxylation is 1. The Morgan fingerprint density at radius 2 is 2.35 bits per heavy atom. The van der Waals surface area contributed by atoms with Crippen LogP contribution in [0.15, 0.2) is 23.6 Å². The predicted molar refractivity (Wildman–Crippen MR) is 78.0 cm³/mol. The van der Waals surface area contributed by atoms with Crippen molar-refractivity contribution in [3.63, 3.8) is 0 Å². The molecule has 0 saturated heterocycles. The summed E-state index contributed by atoms with van der Waals surface area (Å²) < 4.78 is 5.33.